The van der Waals surface area contributed by atoms with Crippen LogP contribution >= 0.6 is 0 Å². The van der Waals surface area contributed by atoms with Gasteiger partial charge >= 0.3 is 0 Å². The van der Waals surface area contributed by atoms with E-state index in [1.165, 1.54) is 11.0 Å². The van der Waals surface area contributed by atoms with E-state index in [2.05, 4.69) is 15.3 Å². The summed E-state index contributed by atoms with van der Waals surface area (Å²) >= 11 is 0. The summed E-state index contributed by atoms with van der Waals surface area (Å²) in [5.41, 5.74) is 1.00. The molecule has 6 nitrogen and oxygen atoms in total. The number of hydrogen-bond donors (Lipinski definition) is 1. The first-order valence-electron chi connectivity index (χ1n) is 8.24. The van der Waals surface area contributed by atoms with Crippen LogP contribution in [0.4, 0.5) is 14.5 Å². The van der Waals surface area contributed by atoms with Gasteiger partial charge in [-0.15, -0.1) is 0 Å². The number of anilines is 1. The number of benzene rings is 1. The molecule has 2 heterocycles. The van der Waals surface area contributed by atoms with Crippen LogP contribution in [0.5, 0.6) is 0 Å². The van der Waals surface area contributed by atoms with Gasteiger partial charge in [0, 0.05) is 55.8 Å². The molecule has 1 aliphatic rings. The lowest BCUT2D eigenvalue weighted by molar-refractivity contribution is -0.126. The molecule has 0 radical (unpaired) electrons. The second kappa shape index (κ2) is 7.55. The molecule has 26 heavy (non-hydrogen) atoms. The van der Waals surface area contributed by atoms with Crippen molar-refractivity contribution in [3.05, 3.63) is 54.1 Å². The lowest BCUT2D eigenvalue weighted by atomic mass is 10.1. The molecular formula is C18H18F2N4O2. The average Bonchev–Trinajstić information content (AvgIpc) is 3.00. The Morgan fingerprint density at radius 3 is 2.85 bits per heavy atom. The summed E-state index contributed by atoms with van der Waals surface area (Å²) in [6.45, 7) is 1.98. The van der Waals surface area contributed by atoms with E-state index in [1.54, 1.807) is 18.6 Å². The van der Waals surface area contributed by atoms with Crippen molar-refractivity contribution < 1.29 is 18.4 Å². The predicted octanol–water partition coefficient (Wildman–Crippen LogP) is 1.86. The highest BCUT2D eigenvalue weighted by Crippen LogP contribution is 2.26. The molecule has 8 heteroatoms. The maximum absolute atomic E-state index is 13.4. The van der Waals surface area contributed by atoms with E-state index in [0.29, 0.717) is 6.42 Å². The fourth-order valence-electron chi connectivity index (χ4n) is 2.95. The second-order valence-corrected chi connectivity index (χ2v) is 6.31. The Morgan fingerprint density at radius 2 is 2.15 bits per heavy atom. The minimum absolute atomic E-state index is 0.0304. The Balaban J connectivity index is 1.60. The van der Waals surface area contributed by atoms with Crippen LogP contribution in [-0.4, -0.2) is 34.4 Å². The predicted molar refractivity (Wildman–Crippen MR) is 90.2 cm³/mol. The van der Waals surface area contributed by atoms with Crippen molar-refractivity contribution in [1.82, 2.24) is 15.3 Å². The smallest absolute Gasteiger partial charge is 0.227 e. The maximum atomic E-state index is 13.4. The van der Waals surface area contributed by atoms with Crippen LogP contribution in [0.1, 0.15) is 19.0 Å². The van der Waals surface area contributed by atoms with Crippen molar-refractivity contribution in [2.75, 3.05) is 11.4 Å². The number of nitrogens with one attached hydrogen (secondary N) is 1. The van der Waals surface area contributed by atoms with Gasteiger partial charge in [0.2, 0.25) is 11.8 Å². The molecule has 136 valence electrons. The Labute approximate surface area is 149 Å². The van der Waals surface area contributed by atoms with Crippen LogP contribution in [0.15, 0.2) is 36.8 Å². The van der Waals surface area contributed by atoms with Crippen LogP contribution in [0.2, 0.25) is 0 Å². The van der Waals surface area contributed by atoms with E-state index in [0.717, 1.165) is 17.8 Å². The molecule has 1 aliphatic heterocycles. The quantitative estimate of drug-likeness (QED) is 0.883. The van der Waals surface area contributed by atoms with Crippen LogP contribution in [0.25, 0.3) is 0 Å². The number of aromatic nitrogens is 2. The number of halogens is 2. The molecular weight excluding hydrogens is 342 g/mol. The molecule has 0 bridgehead atoms. The number of amides is 2. The molecule has 1 N–H and O–H groups in total. The van der Waals surface area contributed by atoms with E-state index in [1.807, 2.05) is 6.92 Å². The average molecular weight is 360 g/mol. The summed E-state index contributed by atoms with van der Waals surface area (Å²) in [5.74, 6) is -3.09. The third-order valence-electron chi connectivity index (χ3n) is 4.23. The third-order valence-corrected chi connectivity index (χ3v) is 4.23. The minimum atomic E-state index is -1.03. The Hall–Kier alpha value is -2.90. The molecule has 3 rings (SSSR count). The molecule has 0 unspecified atom stereocenters. The van der Waals surface area contributed by atoms with Gasteiger partial charge in [0.05, 0.1) is 11.6 Å². The van der Waals surface area contributed by atoms with Gasteiger partial charge in [-0.1, -0.05) is 0 Å². The van der Waals surface area contributed by atoms with Crippen molar-refractivity contribution in [1.29, 1.82) is 0 Å². The molecule has 1 fully saturated rings. The Kier molecular flexibility index (Phi) is 5.20. The number of carbonyl (C=O) groups is 2. The number of hydrogen-bond acceptors (Lipinski definition) is 4. The van der Waals surface area contributed by atoms with Crippen molar-refractivity contribution in [3.63, 3.8) is 0 Å². The molecule has 0 aliphatic carbocycles. The topological polar surface area (TPSA) is 75.2 Å². The summed E-state index contributed by atoms with van der Waals surface area (Å²) in [6.07, 6.45) is 5.34. The van der Waals surface area contributed by atoms with E-state index in [-0.39, 0.29) is 36.5 Å². The summed E-state index contributed by atoms with van der Waals surface area (Å²) < 4.78 is 26.4. The van der Waals surface area contributed by atoms with Gasteiger partial charge in [0.15, 0.2) is 11.6 Å². The molecule has 1 aromatic carbocycles. The zero-order valence-electron chi connectivity index (χ0n) is 14.2. The van der Waals surface area contributed by atoms with E-state index in [9.17, 15) is 18.4 Å². The molecule has 2 atom stereocenters. The van der Waals surface area contributed by atoms with Crippen LogP contribution in [-0.2, 0) is 16.0 Å². The highest BCUT2D eigenvalue weighted by Gasteiger charge is 2.35. The first kappa shape index (κ1) is 17.9. The number of rotatable bonds is 5. The zero-order valence-corrected chi connectivity index (χ0v) is 14.2. The van der Waals surface area contributed by atoms with Crippen molar-refractivity contribution in [2.24, 2.45) is 5.92 Å². The first-order chi connectivity index (χ1) is 12.4. The van der Waals surface area contributed by atoms with Gasteiger partial charge in [-0.25, -0.2) is 8.78 Å². The lowest BCUT2D eigenvalue weighted by Gasteiger charge is -2.18. The van der Waals surface area contributed by atoms with Gasteiger partial charge in [0.1, 0.15) is 0 Å². The van der Waals surface area contributed by atoms with Gasteiger partial charge in [0.25, 0.3) is 0 Å². The fraction of sp³-hybridized carbons (Fsp3) is 0.333. The van der Waals surface area contributed by atoms with E-state index >= 15 is 0 Å². The van der Waals surface area contributed by atoms with Gasteiger partial charge < -0.3 is 10.2 Å². The summed E-state index contributed by atoms with van der Waals surface area (Å²) in [6, 6.07) is 3.08. The number of nitrogens with zero attached hydrogens (tertiary/aromatic N) is 3. The fourth-order valence-corrected chi connectivity index (χ4v) is 2.95. The molecule has 0 saturated carbocycles. The highest BCUT2D eigenvalue weighted by molar-refractivity contribution is 6.00. The SMILES string of the molecule is C[C@@H](Cc1cnccn1)NC(=O)[C@@H]1CC(=O)N(c2ccc(F)c(F)c2)C1. The monoisotopic (exact) mass is 360 g/mol. The molecule has 1 saturated heterocycles. The second-order valence-electron chi connectivity index (χ2n) is 6.31. The first-order valence-corrected chi connectivity index (χ1v) is 8.24. The highest BCUT2D eigenvalue weighted by atomic mass is 19.2. The van der Waals surface area contributed by atoms with Gasteiger partial charge in [-0.2, -0.15) is 0 Å². The lowest BCUT2D eigenvalue weighted by Crippen LogP contribution is -2.39. The third kappa shape index (κ3) is 4.01. The Bertz CT molecular complexity index is 816. The zero-order chi connectivity index (χ0) is 18.7. The largest absolute Gasteiger partial charge is 0.353 e. The number of carbonyl (C=O) groups excluding carboxylic acids is 2. The van der Waals surface area contributed by atoms with Crippen LogP contribution < -0.4 is 10.2 Å². The molecule has 2 aromatic rings. The maximum Gasteiger partial charge on any atom is 0.227 e. The Morgan fingerprint density at radius 1 is 1.35 bits per heavy atom. The van der Waals surface area contributed by atoms with Crippen molar-refractivity contribution in [3.8, 4) is 0 Å². The summed E-state index contributed by atoms with van der Waals surface area (Å²) in [7, 11) is 0. The summed E-state index contributed by atoms with van der Waals surface area (Å²) in [5, 5.41) is 2.86. The molecule has 2 amide bonds. The van der Waals surface area contributed by atoms with Crippen molar-refractivity contribution >= 4 is 17.5 Å². The van der Waals surface area contributed by atoms with E-state index < -0.39 is 17.6 Å². The minimum Gasteiger partial charge on any atom is -0.353 e. The summed E-state index contributed by atoms with van der Waals surface area (Å²) in [4.78, 5) is 34.0. The van der Waals surface area contributed by atoms with Crippen molar-refractivity contribution in [2.45, 2.75) is 25.8 Å². The molecule has 1 aromatic heterocycles. The molecule has 0 spiro atoms. The normalized spacial score (nSPS) is 18.0. The van der Waals surface area contributed by atoms with Crippen LogP contribution in [0, 0.1) is 17.6 Å². The standard InChI is InChI=1S/C18H18F2N4O2/c1-11(6-13-9-21-4-5-22-13)23-18(26)12-7-17(25)24(10-12)14-2-3-15(19)16(20)8-14/h2-5,8-9,11-12H,6-7,10H2,1H3,(H,23,26)/t11-,12+/m0/s1. The van der Waals surface area contributed by atoms with Gasteiger partial charge in [-0.05, 0) is 19.1 Å². The van der Waals surface area contributed by atoms with Gasteiger partial charge in [-0.3, -0.25) is 19.6 Å². The van der Waals surface area contributed by atoms with E-state index in [4.69, 9.17) is 0 Å². The van der Waals surface area contributed by atoms with Crippen LogP contribution in [0.3, 0.4) is 0 Å².